The number of ether oxygens (including phenoxy) is 6. The predicted molar refractivity (Wildman–Crippen MR) is 144 cm³/mol. The molecule has 0 saturated carbocycles. The third kappa shape index (κ3) is 15.7. The van der Waals surface area contributed by atoms with E-state index in [0.29, 0.717) is 66.1 Å². The van der Waals surface area contributed by atoms with Crippen LogP contribution in [0.5, 0.6) is 5.75 Å². The molecule has 0 atom stereocenters. The topological polar surface area (TPSA) is 105 Å². The number of rotatable bonds is 23. The number of benzene rings is 2. The number of unbranched alkanes of at least 4 members (excludes halogenated alkanes) is 1. The van der Waals surface area contributed by atoms with Crippen molar-refractivity contribution in [2.75, 3.05) is 73.2 Å². The Morgan fingerprint density at radius 1 is 0.632 bits per heavy atom. The van der Waals surface area contributed by atoms with E-state index in [2.05, 4.69) is 12.1 Å². The van der Waals surface area contributed by atoms with Crippen LogP contribution in [0.25, 0.3) is 0 Å². The van der Waals surface area contributed by atoms with Gasteiger partial charge in [0, 0.05) is 7.11 Å². The molecule has 9 nitrogen and oxygen atoms in total. The number of amides is 1. The molecule has 2 aromatic carbocycles. The summed E-state index contributed by atoms with van der Waals surface area (Å²) in [4.78, 5) is 11.2. The minimum Gasteiger partial charge on any atom is -0.491 e. The highest BCUT2D eigenvalue weighted by Crippen LogP contribution is 2.15. The fourth-order valence-corrected chi connectivity index (χ4v) is 3.58. The fourth-order valence-electron chi connectivity index (χ4n) is 3.58. The molecule has 1 amide bonds. The molecule has 0 aliphatic heterocycles. The first kappa shape index (κ1) is 31.7. The van der Waals surface area contributed by atoms with Crippen LogP contribution in [0.3, 0.4) is 0 Å². The zero-order chi connectivity index (χ0) is 27.1. The van der Waals surface area contributed by atoms with E-state index in [4.69, 9.17) is 33.6 Å². The molecule has 212 valence electrons. The van der Waals surface area contributed by atoms with Crippen LogP contribution in [0.4, 0.5) is 0 Å². The average Bonchev–Trinajstić information content (AvgIpc) is 2.94. The van der Waals surface area contributed by atoms with Crippen LogP contribution in [0, 0.1) is 0 Å². The molecule has 0 spiro atoms. The van der Waals surface area contributed by atoms with Crippen molar-refractivity contribution in [2.24, 2.45) is 0 Å². The number of carbonyl (C=O) groups is 1. The summed E-state index contributed by atoms with van der Waals surface area (Å²) in [6.07, 6.45) is 4.39. The number of aryl methyl sites for hydroxylation is 2. The Hall–Kier alpha value is -2.53. The lowest BCUT2D eigenvalue weighted by molar-refractivity contribution is -0.128. The van der Waals surface area contributed by atoms with Crippen LogP contribution in [0.2, 0.25) is 0 Å². The van der Waals surface area contributed by atoms with E-state index in [-0.39, 0.29) is 6.42 Å². The second-order valence-corrected chi connectivity index (χ2v) is 8.67. The number of methoxy groups -OCH3 is 1. The lowest BCUT2D eigenvalue weighted by atomic mass is 10.0. The third-order valence-corrected chi connectivity index (χ3v) is 5.66. The largest absolute Gasteiger partial charge is 0.491 e. The first-order valence-corrected chi connectivity index (χ1v) is 13.2. The van der Waals surface area contributed by atoms with Crippen LogP contribution in [0.15, 0.2) is 48.5 Å². The molecule has 0 unspecified atom stereocenters. The Labute approximate surface area is 226 Å². The van der Waals surface area contributed by atoms with Crippen molar-refractivity contribution >= 4 is 5.91 Å². The molecular weight excluding hydrogens is 490 g/mol. The molecule has 0 aromatic heterocycles. The Balaban J connectivity index is 1.42. The van der Waals surface area contributed by atoms with Gasteiger partial charge in [-0.1, -0.05) is 36.4 Å². The highest BCUT2D eigenvalue weighted by Gasteiger charge is 2.02. The van der Waals surface area contributed by atoms with Gasteiger partial charge in [-0.15, -0.1) is 0 Å². The van der Waals surface area contributed by atoms with Crippen LogP contribution in [-0.4, -0.2) is 84.3 Å². The van der Waals surface area contributed by atoms with Crippen molar-refractivity contribution in [3.8, 4) is 5.75 Å². The second-order valence-electron chi connectivity index (χ2n) is 8.67. The van der Waals surface area contributed by atoms with Crippen molar-refractivity contribution in [1.29, 1.82) is 0 Å². The molecule has 2 rings (SSSR count). The van der Waals surface area contributed by atoms with Gasteiger partial charge in [-0.05, 0) is 54.5 Å². The van der Waals surface area contributed by atoms with Crippen LogP contribution >= 0.6 is 0 Å². The van der Waals surface area contributed by atoms with E-state index in [9.17, 15) is 4.79 Å². The molecule has 2 aromatic rings. The molecule has 38 heavy (non-hydrogen) atoms. The number of nitrogens with one attached hydrogen (secondary N) is 1. The smallest absolute Gasteiger partial charge is 0.247 e. The molecule has 0 aliphatic carbocycles. The minimum absolute atomic E-state index is 0.183. The van der Waals surface area contributed by atoms with E-state index < -0.39 is 5.91 Å². The predicted octanol–water partition coefficient (Wildman–Crippen LogP) is 3.39. The van der Waals surface area contributed by atoms with E-state index in [1.54, 1.807) is 12.6 Å². The Kier molecular flexibility index (Phi) is 17.9. The van der Waals surface area contributed by atoms with E-state index in [1.165, 1.54) is 11.1 Å². The Morgan fingerprint density at radius 3 is 1.53 bits per heavy atom. The zero-order valence-electron chi connectivity index (χ0n) is 22.5. The lowest BCUT2D eigenvalue weighted by Crippen LogP contribution is -2.20. The van der Waals surface area contributed by atoms with Gasteiger partial charge in [0.1, 0.15) is 12.4 Å². The van der Waals surface area contributed by atoms with E-state index in [0.717, 1.165) is 37.0 Å². The molecule has 9 heteroatoms. The van der Waals surface area contributed by atoms with Gasteiger partial charge < -0.3 is 28.4 Å². The molecule has 0 heterocycles. The van der Waals surface area contributed by atoms with Crippen molar-refractivity contribution in [1.82, 2.24) is 5.48 Å². The Bertz CT molecular complexity index is 845. The van der Waals surface area contributed by atoms with Crippen LogP contribution in [0.1, 0.15) is 29.5 Å². The standard InChI is InChI=1S/C29H43NO8/c1-33-14-15-34-16-17-35-18-19-36-20-21-37-22-23-38-28-12-10-26(11-13-28)5-3-2-4-25-6-8-27(9-7-25)24-29(31)30-32/h6-13,32H,2-5,14-24H2,1H3,(H,30,31). The van der Waals surface area contributed by atoms with Crippen molar-refractivity contribution in [3.05, 3.63) is 65.2 Å². The van der Waals surface area contributed by atoms with Gasteiger partial charge in [-0.25, -0.2) is 5.48 Å². The SMILES string of the molecule is COCCOCCOCCOCCOCCOc1ccc(CCCCc2ccc(CC(=O)NO)cc2)cc1. The number of carbonyl (C=O) groups excluding carboxylic acids is 1. The quantitative estimate of drug-likeness (QED) is 0.127. The molecule has 0 aliphatic rings. The van der Waals surface area contributed by atoms with Gasteiger partial charge in [0.2, 0.25) is 5.91 Å². The normalized spacial score (nSPS) is 11.0. The van der Waals surface area contributed by atoms with Gasteiger partial charge in [-0.3, -0.25) is 10.0 Å². The molecule has 0 radical (unpaired) electrons. The monoisotopic (exact) mass is 533 g/mol. The summed E-state index contributed by atoms with van der Waals surface area (Å²) in [7, 11) is 1.65. The first-order valence-electron chi connectivity index (χ1n) is 13.2. The van der Waals surface area contributed by atoms with Crippen LogP contribution in [-0.2, 0) is 47.7 Å². The van der Waals surface area contributed by atoms with Gasteiger partial charge >= 0.3 is 0 Å². The molecule has 2 N–H and O–H groups in total. The summed E-state index contributed by atoms with van der Waals surface area (Å²) in [5, 5.41) is 8.60. The maximum atomic E-state index is 11.2. The molecule has 0 bridgehead atoms. The first-order chi connectivity index (χ1) is 18.7. The van der Waals surface area contributed by atoms with Crippen molar-refractivity contribution < 1.29 is 38.4 Å². The summed E-state index contributed by atoms with van der Waals surface area (Å²) in [5.74, 6) is 0.435. The lowest BCUT2D eigenvalue weighted by Gasteiger charge is -2.09. The summed E-state index contributed by atoms with van der Waals surface area (Å²) in [6, 6.07) is 16.2. The third-order valence-electron chi connectivity index (χ3n) is 5.66. The average molecular weight is 534 g/mol. The summed E-state index contributed by atoms with van der Waals surface area (Å²) >= 11 is 0. The zero-order valence-corrected chi connectivity index (χ0v) is 22.5. The van der Waals surface area contributed by atoms with Gasteiger partial charge in [0.15, 0.2) is 0 Å². The van der Waals surface area contributed by atoms with E-state index in [1.807, 2.05) is 36.4 Å². The maximum Gasteiger partial charge on any atom is 0.247 e. The summed E-state index contributed by atoms with van der Waals surface area (Å²) in [5.41, 5.74) is 5.08. The van der Waals surface area contributed by atoms with Gasteiger partial charge in [0.25, 0.3) is 0 Å². The molecular formula is C29H43NO8. The summed E-state index contributed by atoms with van der Waals surface area (Å²) < 4.78 is 32.4. The van der Waals surface area contributed by atoms with Gasteiger partial charge in [0.05, 0.1) is 65.9 Å². The van der Waals surface area contributed by atoms with Crippen molar-refractivity contribution in [3.63, 3.8) is 0 Å². The van der Waals surface area contributed by atoms with Crippen LogP contribution < -0.4 is 10.2 Å². The summed E-state index contributed by atoms with van der Waals surface area (Å²) in [6.45, 7) is 5.41. The molecule has 0 saturated heterocycles. The number of hydrogen-bond donors (Lipinski definition) is 2. The maximum absolute atomic E-state index is 11.2. The highest BCUT2D eigenvalue weighted by atomic mass is 16.6. The number of hydroxylamine groups is 1. The van der Waals surface area contributed by atoms with Crippen molar-refractivity contribution in [2.45, 2.75) is 32.1 Å². The van der Waals surface area contributed by atoms with Gasteiger partial charge in [-0.2, -0.15) is 0 Å². The second kappa shape index (κ2) is 21.4. The Morgan fingerprint density at radius 2 is 1.05 bits per heavy atom. The number of hydrogen-bond acceptors (Lipinski definition) is 8. The van der Waals surface area contributed by atoms with E-state index >= 15 is 0 Å². The minimum atomic E-state index is -0.404. The molecule has 0 fully saturated rings. The highest BCUT2D eigenvalue weighted by molar-refractivity contribution is 5.77. The fraction of sp³-hybridized carbons (Fsp3) is 0.552.